The van der Waals surface area contributed by atoms with Gasteiger partial charge in [-0.2, -0.15) is 0 Å². The number of nitrogens with one attached hydrogen (secondary N) is 1. The van der Waals surface area contributed by atoms with Crippen LogP contribution in [0, 0.1) is 0 Å². The SMILES string of the molecule is C=CCOc1cccc(N2C=C3c4ccccc4C=CN3N2)c1. The minimum atomic E-state index is 0.500. The maximum Gasteiger partial charge on any atom is 0.121 e. The van der Waals surface area contributed by atoms with Crippen molar-refractivity contribution in [2.24, 2.45) is 0 Å². The van der Waals surface area contributed by atoms with Crippen LogP contribution in [-0.2, 0) is 0 Å². The van der Waals surface area contributed by atoms with Crippen LogP contribution in [0.5, 0.6) is 5.75 Å². The minimum absolute atomic E-state index is 0.500. The Hall–Kier alpha value is -2.98. The van der Waals surface area contributed by atoms with Crippen LogP contribution in [-0.4, -0.2) is 11.6 Å². The van der Waals surface area contributed by atoms with Crippen molar-refractivity contribution in [3.63, 3.8) is 0 Å². The molecule has 2 heterocycles. The number of anilines is 1. The van der Waals surface area contributed by atoms with Gasteiger partial charge in [-0.1, -0.05) is 43.0 Å². The van der Waals surface area contributed by atoms with Crippen molar-refractivity contribution in [2.75, 3.05) is 11.6 Å². The van der Waals surface area contributed by atoms with E-state index in [9.17, 15) is 0 Å². The zero-order valence-electron chi connectivity index (χ0n) is 12.6. The summed E-state index contributed by atoms with van der Waals surface area (Å²) in [5.41, 5.74) is 7.92. The third-order valence-electron chi connectivity index (χ3n) is 3.83. The van der Waals surface area contributed by atoms with E-state index in [-0.39, 0.29) is 0 Å². The van der Waals surface area contributed by atoms with Crippen LogP contribution in [0.25, 0.3) is 11.8 Å². The average Bonchev–Trinajstić information content (AvgIpc) is 3.05. The molecule has 114 valence electrons. The summed E-state index contributed by atoms with van der Waals surface area (Å²) in [4.78, 5) is 0. The van der Waals surface area contributed by atoms with Gasteiger partial charge in [0.05, 0.1) is 11.4 Å². The summed E-state index contributed by atoms with van der Waals surface area (Å²) in [6.07, 6.45) is 7.97. The molecule has 1 N–H and O–H groups in total. The molecule has 0 fully saturated rings. The van der Waals surface area contributed by atoms with Crippen molar-refractivity contribution in [1.82, 2.24) is 10.5 Å². The third-order valence-corrected chi connectivity index (χ3v) is 3.83. The predicted octanol–water partition coefficient (Wildman–Crippen LogP) is 3.78. The van der Waals surface area contributed by atoms with Crippen molar-refractivity contribution in [2.45, 2.75) is 0 Å². The Bertz CT molecular complexity index is 810. The highest BCUT2D eigenvalue weighted by Gasteiger charge is 2.25. The second-order valence-electron chi connectivity index (χ2n) is 5.35. The Kier molecular flexibility index (Phi) is 3.37. The number of fused-ring (bicyclic) bond motifs is 3. The molecule has 0 bridgehead atoms. The highest BCUT2D eigenvalue weighted by molar-refractivity contribution is 5.80. The number of hydrazine groups is 2. The molecule has 2 aromatic rings. The summed E-state index contributed by atoms with van der Waals surface area (Å²) in [5, 5.41) is 4.00. The van der Waals surface area contributed by atoms with Crippen LogP contribution in [0.15, 0.2) is 73.6 Å². The van der Waals surface area contributed by atoms with Crippen LogP contribution >= 0.6 is 0 Å². The molecule has 23 heavy (non-hydrogen) atoms. The topological polar surface area (TPSA) is 27.7 Å². The van der Waals surface area contributed by atoms with Gasteiger partial charge in [-0.15, -0.1) is 5.53 Å². The number of nitrogens with zero attached hydrogens (tertiary/aromatic N) is 2. The molecule has 0 saturated heterocycles. The zero-order chi connectivity index (χ0) is 15.6. The van der Waals surface area contributed by atoms with Gasteiger partial charge >= 0.3 is 0 Å². The monoisotopic (exact) mass is 303 g/mol. The molecule has 4 rings (SSSR count). The van der Waals surface area contributed by atoms with Crippen molar-refractivity contribution >= 4 is 17.5 Å². The molecule has 0 amide bonds. The Balaban J connectivity index is 1.65. The molecule has 4 heteroatoms. The Morgan fingerprint density at radius 3 is 2.91 bits per heavy atom. The first-order valence-electron chi connectivity index (χ1n) is 7.53. The Morgan fingerprint density at radius 2 is 2.00 bits per heavy atom. The van der Waals surface area contributed by atoms with E-state index >= 15 is 0 Å². The molecule has 0 aromatic heterocycles. The van der Waals surface area contributed by atoms with Crippen LogP contribution < -0.4 is 15.3 Å². The van der Waals surface area contributed by atoms with E-state index in [1.165, 1.54) is 11.1 Å². The van der Waals surface area contributed by atoms with Crippen molar-refractivity contribution in [3.8, 4) is 5.75 Å². The largest absolute Gasteiger partial charge is 0.489 e. The molecule has 2 aromatic carbocycles. The first-order chi connectivity index (χ1) is 11.3. The van der Waals surface area contributed by atoms with E-state index in [0.717, 1.165) is 17.1 Å². The van der Waals surface area contributed by atoms with Crippen molar-refractivity contribution in [3.05, 3.63) is 84.7 Å². The summed E-state index contributed by atoms with van der Waals surface area (Å²) in [6.45, 7) is 4.17. The highest BCUT2D eigenvalue weighted by Crippen LogP contribution is 2.33. The molecule has 0 radical (unpaired) electrons. The third kappa shape index (κ3) is 2.49. The van der Waals surface area contributed by atoms with E-state index in [4.69, 9.17) is 4.74 Å². The molecular weight excluding hydrogens is 286 g/mol. The lowest BCUT2D eigenvalue weighted by atomic mass is 10.0. The molecule has 0 aliphatic carbocycles. The second kappa shape index (κ2) is 5.66. The van der Waals surface area contributed by atoms with Gasteiger partial charge in [0.25, 0.3) is 0 Å². The maximum atomic E-state index is 5.61. The summed E-state index contributed by atoms with van der Waals surface area (Å²) >= 11 is 0. The van der Waals surface area contributed by atoms with E-state index in [2.05, 4.69) is 48.7 Å². The highest BCUT2D eigenvalue weighted by atomic mass is 16.5. The van der Waals surface area contributed by atoms with Gasteiger partial charge in [0, 0.05) is 24.0 Å². The van der Waals surface area contributed by atoms with E-state index in [1.807, 2.05) is 40.5 Å². The molecule has 0 spiro atoms. The average molecular weight is 303 g/mol. The van der Waals surface area contributed by atoms with E-state index < -0.39 is 0 Å². The van der Waals surface area contributed by atoms with Gasteiger partial charge in [-0.25, -0.2) is 0 Å². The normalized spacial score (nSPS) is 15.0. The van der Waals surface area contributed by atoms with Gasteiger partial charge in [0.15, 0.2) is 0 Å². The first-order valence-corrected chi connectivity index (χ1v) is 7.53. The Labute approximate surface area is 135 Å². The number of hydrogen-bond donors (Lipinski definition) is 1. The number of hydrogen-bond acceptors (Lipinski definition) is 4. The van der Waals surface area contributed by atoms with Gasteiger partial charge in [-0.05, 0) is 23.8 Å². The molecule has 4 nitrogen and oxygen atoms in total. The lowest BCUT2D eigenvalue weighted by Gasteiger charge is -2.24. The molecule has 2 aliphatic rings. The molecule has 2 aliphatic heterocycles. The molecular formula is C19H17N3O. The quantitative estimate of drug-likeness (QED) is 0.870. The van der Waals surface area contributed by atoms with Crippen molar-refractivity contribution < 1.29 is 4.74 Å². The van der Waals surface area contributed by atoms with Crippen LogP contribution in [0.1, 0.15) is 11.1 Å². The smallest absolute Gasteiger partial charge is 0.121 e. The lowest BCUT2D eigenvalue weighted by Crippen LogP contribution is -2.37. The number of benzene rings is 2. The molecule has 0 saturated carbocycles. The minimum Gasteiger partial charge on any atom is -0.489 e. The van der Waals surface area contributed by atoms with E-state index in [0.29, 0.717) is 6.61 Å². The molecule has 0 atom stereocenters. The van der Waals surface area contributed by atoms with Crippen LogP contribution in [0.4, 0.5) is 5.69 Å². The fourth-order valence-electron chi connectivity index (χ4n) is 2.74. The van der Waals surface area contributed by atoms with Gasteiger partial charge in [0.1, 0.15) is 12.4 Å². The fraction of sp³-hybridized carbons (Fsp3) is 0.0526. The molecule has 0 unspecified atom stereocenters. The lowest BCUT2D eigenvalue weighted by molar-refractivity contribution is 0.362. The Morgan fingerprint density at radius 1 is 1.09 bits per heavy atom. The summed E-state index contributed by atoms with van der Waals surface area (Å²) in [5.74, 6) is 0.823. The van der Waals surface area contributed by atoms with Gasteiger partial charge in [-0.3, -0.25) is 10.0 Å². The van der Waals surface area contributed by atoms with Crippen LogP contribution in [0.2, 0.25) is 0 Å². The zero-order valence-corrected chi connectivity index (χ0v) is 12.6. The predicted molar refractivity (Wildman–Crippen MR) is 93.0 cm³/mol. The first kappa shape index (κ1) is 13.7. The summed E-state index contributed by atoms with van der Waals surface area (Å²) < 4.78 is 5.61. The fourth-order valence-corrected chi connectivity index (χ4v) is 2.74. The van der Waals surface area contributed by atoms with Crippen LogP contribution in [0.3, 0.4) is 0 Å². The van der Waals surface area contributed by atoms with Gasteiger partial charge < -0.3 is 4.74 Å². The van der Waals surface area contributed by atoms with Crippen molar-refractivity contribution in [1.29, 1.82) is 0 Å². The standard InChI is InChI=1S/C19H17N3O/c1-2-12-23-17-8-5-7-16(13-17)22-14-19-18-9-4-3-6-15(18)10-11-21(19)20-22/h2-11,13-14,20H,1,12H2. The van der Waals surface area contributed by atoms with Gasteiger partial charge in [0.2, 0.25) is 0 Å². The summed E-state index contributed by atoms with van der Waals surface area (Å²) in [6, 6.07) is 16.3. The second-order valence-corrected chi connectivity index (χ2v) is 5.35. The maximum absolute atomic E-state index is 5.61. The van der Waals surface area contributed by atoms with E-state index in [1.54, 1.807) is 6.08 Å². The summed E-state index contributed by atoms with van der Waals surface area (Å²) in [7, 11) is 0. The number of ether oxygens (including phenoxy) is 1. The number of rotatable bonds is 4.